The highest BCUT2D eigenvalue weighted by Gasteiger charge is 2.17. The minimum Gasteiger partial charge on any atom is -0.489 e. The minimum absolute atomic E-state index is 0.0953. The molecule has 1 aliphatic rings. The molecule has 0 aliphatic carbocycles. The highest BCUT2D eigenvalue weighted by atomic mass is 16.5. The molecule has 144 valence electrons. The Labute approximate surface area is 161 Å². The molecule has 7 nitrogen and oxygen atoms in total. The third-order valence-corrected chi connectivity index (χ3v) is 4.76. The number of carbonyl (C=O) groups excluding carboxylic acids is 1. The average molecular weight is 379 g/mol. The molecule has 28 heavy (non-hydrogen) atoms. The number of carbonyl (C=O) groups is 1. The van der Waals surface area contributed by atoms with E-state index in [0.717, 1.165) is 19.4 Å². The lowest BCUT2D eigenvalue weighted by Crippen LogP contribution is -2.19. The number of hydrogen-bond acceptors (Lipinski definition) is 5. The molecule has 2 heterocycles. The first-order valence-corrected chi connectivity index (χ1v) is 9.22. The molecule has 1 unspecified atom stereocenters. The number of amides is 1. The second-order valence-electron chi connectivity index (χ2n) is 6.79. The fourth-order valence-corrected chi connectivity index (χ4v) is 3.20. The number of benzene rings is 2. The predicted molar refractivity (Wildman–Crippen MR) is 106 cm³/mol. The summed E-state index contributed by atoms with van der Waals surface area (Å²) in [4.78, 5) is 29.1. The molecule has 0 bridgehead atoms. The maximum absolute atomic E-state index is 12.7. The summed E-state index contributed by atoms with van der Waals surface area (Å²) in [7, 11) is 1.64. The first-order valence-electron chi connectivity index (χ1n) is 9.22. The zero-order chi connectivity index (χ0) is 19.5. The van der Waals surface area contributed by atoms with E-state index in [-0.39, 0.29) is 17.6 Å². The lowest BCUT2D eigenvalue weighted by molar-refractivity contribution is 0.0682. The molecule has 0 saturated carbocycles. The largest absolute Gasteiger partial charge is 0.489 e. The second kappa shape index (κ2) is 7.82. The van der Waals surface area contributed by atoms with Crippen LogP contribution in [0.3, 0.4) is 0 Å². The zero-order valence-electron chi connectivity index (χ0n) is 15.6. The van der Waals surface area contributed by atoms with Gasteiger partial charge in [0.15, 0.2) is 0 Å². The molecule has 3 aromatic rings. The molecule has 1 aromatic heterocycles. The first kappa shape index (κ1) is 18.2. The Morgan fingerprint density at radius 2 is 2.18 bits per heavy atom. The van der Waals surface area contributed by atoms with Gasteiger partial charge in [-0.05, 0) is 43.2 Å². The standard InChI is InChI=1S/C21H21N3O4/c1-24-13-22-18-11-14(8-9-16(18)21(24)26)20(25)23-17-6-2-3-7-19(17)28-12-15-5-4-10-27-15/h2-3,6-9,11,13,15H,4-5,10,12H2,1H3,(H,23,25). The molecule has 2 aromatic carbocycles. The van der Waals surface area contributed by atoms with Crippen molar-refractivity contribution in [1.29, 1.82) is 0 Å². The summed E-state index contributed by atoms with van der Waals surface area (Å²) in [6.45, 7) is 1.22. The van der Waals surface area contributed by atoms with E-state index >= 15 is 0 Å². The Bertz CT molecular complexity index is 1070. The van der Waals surface area contributed by atoms with Crippen molar-refractivity contribution >= 4 is 22.5 Å². The Morgan fingerprint density at radius 3 is 3.00 bits per heavy atom. The normalized spacial score (nSPS) is 16.2. The number of anilines is 1. The Hall–Kier alpha value is -3.19. The van der Waals surface area contributed by atoms with E-state index in [1.165, 1.54) is 10.9 Å². The van der Waals surface area contributed by atoms with E-state index < -0.39 is 0 Å². The average Bonchev–Trinajstić information content (AvgIpc) is 3.23. The highest BCUT2D eigenvalue weighted by Crippen LogP contribution is 2.26. The van der Waals surface area contributed by atoms with Gasteiger partial charge in [-0.15, -0.1) is 0 Å². The van der Waals surface area contributed by atoms with Gasteiger partial charge in [0.25, 0.3) is 11.5 Å². The van der Waals surface area contributed by atoms with Gasteiger partial charge in [0.2, 0.25) is 0 Å². The topological polar surface area (TPSA) is 82.5 Å². The molecule has 7 heteroatoms. The van der Waals surface area contributed by atoms with E-state index in [4.69, 9.17) is 9.47 Å². The van der Waals surface area contributed by atoms with Crippen molar-refractivity contribution in [1.82, 2.24) is 9.55 Å². The molecule has 0 radical (unpaired) electrons. The number of aromatic nitrogens is 2. The number of fused-ring (bicyclic) bond motifs is 1. The number of para-hydroxylation sites is 2. The van der Waals surface area contributed by atoms with Crippen LogP contribution >= 0.6 is 0 Å². The quantitative estimate of drug-likeness (QED) is 0.737. The number of aryl methyl sites for hydroxylation is 1. The van der Waals surface area contributed by atoms with E-state index in [1.807, 2.05) is 18.2 Å². The summed E-state index contributed by atoms with van der Waals surface area (Å²) in [5.41, 5.74) is 1.34. The number of nitrogens with zero attached hydrogens (tertiary/aromatic N) is 2. The Morgan fingerprint density at radius 1 is 1.32 bits per heavy atom. The van der Waals surface area contributed by atoms with Crippen molar-refractivity contribution in [2.45, 2.75) is 18.9 Å². The summed E-state index contributed by atoms with van der Waals surface area (Å²) in [6, 6.07) is 12.2. The van der Waals surface area contributed by atoms with Crippen LogP contribution in [-0.2, 0) is 11.8 Å². The monoisotopic (exact) mass is 379 g/mol. The number of rotatable bonds is 5. The molecule has 0 spiro atoms. The SMILES string of the molecule is Cn1cnc2cc(C(=O)Nc3ccccc3OCC3CCCO3)ccc2c1=O. The molecule has 4 rings (SSSR count). The van der Waals surface area contributed by atoms with Crippen LogP contribution < -0.4 is 15.6 Å². The maximum Gasteiger partial charge on any atom is 0.260 e. The molecule has 1 aliphatic heterocycles. The van der Waals surface area contributed by atoms with Crippen LogP contribution in [0.25, 0.3) is 10.9 Å². The third kappa shape index (κ3) is 3.75. The smallest absolute Gasteiger partial charge is 0.260 e. The van der Waals surface area contributed by atoms with Gasteiger partial charge in [-0.25, -0.2) is 4.98 Å². The van der Waals surface area contributed by atoms with Crippen molar-refractivity contribution in [2.24, 2.45) is 7.05 Å². The molecule has 1 amide bonds. The highest BCUT2D eigenvalue weighted by molar-refractivity contribution is 6.06. The van der Waals surface area contributed by atoms with Gasteiger partial charge in [-0.3, -0.25) is 9.59 Å². The molecular formula is C21H21N3O4. The van der Waals surface area contributed by atoms with Gasteiger partial charge >= 0.3 is 0 Å². The summed E-state index contributed by atoms with van der Waals surface area (Å²) in [6.07, 6.45) is 3.57. The number of nitrogens with one attached hydrogen (secondary N) is 1. The summed E-state index contributed by atoms with van der Waals surface area (Å²) < 4.78 is 12.8. The Balaban J connectivity index is 1.52. The lowest BCUT2D eigenvalue weighted by atomic mass is 10.1. The molecular weight excluding hydrogens is 358 g/mol. The van der Waals surface area contributed by atoms with Crippen molar-refractivity contribution in [2.75, 3.05) is 18.5 Å². The number of ether oxygens (including phenoxy) is 2. The van der Waals surface area contributed by atoms with Crippen LogP contribution in [0.2, 0.25) is 0 Å². The molecule has 1 fully saturated rings. The van der Waals surface area contributed by atoms with Gasteiger partial charge in [0.05, 0.1) is 29.0 Å². The Kier molecular flexibility index (Phi) is 5.08. The van der Waals surface area contributed by atoms with Crippen LogP contribution in [0.15, 0.2) is 53.6 Å². The van der Waals surface area contributed by atoms with E-state index in [1.54, 1.807) is 31.3 Å². The van der Waals surface area contributed by atoms with Crippen LogP contribution in [0.5, 0.6) is 5.75 Å². The van der Waals surface area contributed by atoms with E-state index in [2.05, 4.69) is 10.3 Å². The van der Waals surface area contributed by atoms with Gasteiger partial charge in [0, 0.05) is 19.2 Å². The van der Waals surface area contributed by atoms with E-state index in [0.29, 0.717) is 34.5 Å². The second-order valence-corrected chi connectivity index (χ2v) is 6.79. The fraction of sp³-hybridized carbons (Fsp3) is 0.286. The van der Waals surface area contributed by atoms with Crippen molar-refractivity contribution < 1.29 is 14.3 Å². The summed E-state index contributed by atoms with van der Waals surface area (Å²) in [5, 5.41) is 3.35. The molecule has 1 N–H and O–H groups in total. The van der Waals surface area contributed by atoms with Gasteiger partial charge in [-0.1, -0.05) is 12.1 Å². The van der Waals surface area contributed by atoms with Gasteiger partial charge in [0.1, 0.15) is 12.4 Å². The van der Waals surface area contributed by atoms with Crippen molar-refractivity contribution in [3.63, 3.8) is 0 Å². The number of hydrogen-bond donors (Lipinski definition) is 1. The zero-order valence-corrected chi connectivity index (χ0v) is 15.6. The van der Waals surface area contributed by atoms with Crippen LogP contribution in [-0.4, -0.2) is 34.8 Å². The molecule has 1 atom stereocenters. The van der Waals surface area contributed by atoms with Gasteiger partial charge in [-0.2, -0.15) is 0 Å². The lowest BCUT2D eigenvalue weighted by Gasteiger charge is -2.15. The van der Waals surface area contributed by atoms with Crippen LogP contribution in [0.4, 0.5) is 5.69 Å². The fourth-order valence-electron chi connectivity index (χ4n) is 3.20. The van der Waals surface area contributed by atoms with Gasteiger partial charge < -0.3 is 19.4 Å². The summed E-state index contributed by atoms with van der Waals surface area (Å²) in [5.74, 6) is 0.302. The molecule has 1 saturated heterocycles. The first-order chi connectivity index (χ1) is 13.6. The minimum atomic E-state index is -0.294. The predicted octanol–water partition coefficient (Wildman–Crippen LogP) is 2.74. The van der Waals surface area contributed by atoms with Crippen molar-refractivity contribution in [3.05, 3.63) is 64.7 Å². The van der Waals surface area contributed by atoms with Crippen LogP contribution in [0.1, 0.15) is 23.2 Å². The van der Waals surface area contributed by atoms with Crippen LogP contribution in [0, 0.1) is 0 Å². The third-order valence-electron chi connectivity index (χ3n) is 4.76. The maximum atomic E-state index is 12.7. The summed E-state index contributed by atoms with van der Waals surface area (Å²) >= 11 is 0. The van der Waals surface area contributed by atoms with E-state index in [9.17, 15) is 9.59 Å². The van der Waals surface area contributed by atoms with Crippen molar-refractivity contribution in [3.8, 4) is 5.75 Å².